The number of hydrogen-bond donors (Lipinski definition) is 1. The van der Waals surface area contributed by atoms with E-state index in [9.17, 15) is 24.1 Å². The third-order valence-electron chi connectivity index (χ3n) is 6.13. The monoisotopic (exact) mass is 487 g/mol. The van der Waals surface area contributed by atoms with Gasteiger partial charge in [-0.15, -0.1) is 0 Å². The van der Waals surface area contributed by atoms with Crippen LogP contribution in [0.3, 0.4) is 0 Å². The summed E-state index contributed by atoms with van der Waals surface area (Å²) in [5.41, 5.74) is 0.0375. The van der Waals surface area contributed by atoms with Crippen LogP contribution in [0.5, 0.6) is 11.5 Å². The normalized spacial score (nSPS) is 14.6. The molecule has 0 saturated heterocycles. The number of hydrogen-bond acceptors (Lipinski definition) is 6. The number of nitrogens with one attached hydrogen (secondary N) is 1. The van der Waals surface area contributed by atoms with Gasteiger partial charge < -0.3 is 19.7 Å². The first-order valence-electron chi connectivity index (χ1n) is 11.6. The highest BCUT2D eigenvalue weighted by Crippen LogP contribution is 2.30. The number of carbonyl (C=O) groups excluding carboxylic acids is 2. The first kappa shape index (κ1) is 25.9. The van der Waals surface area contributed by atoms with Gasteiger partial charge in [-0.25, -0.2) is 4.39 Å². The lowest BCUT2D eigenvalue weighted by atomic mass is 9.95. The Bertz CT molecular complexity index is 1060. The molecule has 1 fully saturated rings. The predicted molar refractivity (Wildman–Crippen MR) is 127 cm³/mol. The Balaban J connectivity index is 1.74. The van der Waals surface area contributed by atoms with Crippen LogP contribution < -0.4 is 14.8 Å². The maximum atomic E-state index is 14.3. The fourth-order valence-corrected chi connectivity index (χ4v) is 4.09. The number of methoxy groups -OCH3 is 1. The largest absolute Gasteiger partial charge is 0.490 e. The molecule has 2 amide bonds. The van der Waals surface area contributed by atoms with E-state index in [1.54, 1.807) is 25.1 Å². The van der Waals surface area contributed by atoms with Crippen molar-refractivity contribution < 1.29 is 28.4 Å². The number of benzene rings is 2. The zero-order valence-corrected chi connectivity index (χ0v) is 19.9. The van der Waals surface area contributed by atoms with Crippen molar-refractivity contribution in [2.75, 3.05) is 13.7 Å². The van der Waals surface area contributed by atoms with E-state index in [-0.39, 0.29) is 41.2 Å². The Morgan fingerprint density at radius 3 is 2.57 bits per heavy atom. The highest BCUT2D eigenvalue weighted by Gasteiger charge is 2.29. The van der Waals surface area contributed by atoms with E-state index in [1.807, 2.05) is 0 Å². The smallest absolute Gasteiger partial charge is 0.311 e. The second kappa shape index (κ2) is 12.1. The molecule has 1 aliphatic carbocycles. The Morgan fingerprint density at radius 2 is 1.91 bits per heavy atom. The molecule has 1 atom stereocenters. The number of nitrogens with zero attached hydrogens (tertiary/aromatic N) is 2. The van der Waals surface area contributed by atoms with Gasteiger partial charge in [0.05, 0.1) is 12.0 Å². The molecule has 0 radical (unpaired) electrons. The van der Waals surface area contributed by atoms with Crippen LogP contribution in [-0.4, -0.2) is 47.4 Å². The minimum Gasteiger partial charge on any atom is -0.490 e. The molecule has 0 aliphatic heterocycles. The molecule has 0 aromatic heterocycles. The molecular weight excluding hydrogens is 457 g/mol. The first-order chi connectivity index (χ1) is 16.8. The molecule has 1 N–H and O–H groups in total. The highest BCUT2D eigenvalue weighted by atomic mass is 19.1. The average Bonchev–Trinajstić information content (AvgIpc) is 2.86. The molecule has 0 unspecified atom stereocenters. The van der Waals surface area contributed by atoms with Crippen LogP contribution in [0.15, 0.2) is 42.5 Å². The molecule has 0 spiro atoms. The van der Waals surface area contributed by atoms with E-state index in [1.165, 1.54) is 36.3 Å². The predicted octanol–water partition coefficient (Wildman–Crippen LogP) is 3.99. The van der Waals surface area contributed by atoms with Crippen molar-refractivity contribution in [2.24, 2.45) is 0 Å². The minimum atomic E-state index is -0.862. The van der Waals surface area contributed by atoms with Crippen molar-refractivity contribution >= 4 is 17.5 Å². The molecule has 1 aliphatic rings. The van der Waals surface area contributed by atoms with E-state index in [0.717, 1.165) is 32.1 Å². The minimum absolute atomic E-state index is 0.0108. The molecule has 0 bridgehead atoms. The van der Waals surface area contributed by atoms with Crippen molar-refractivity contribution in [1.29, 1.82) is 0 Å². The zero-order chi connectivity index (χ0) is 25.4. The van der Waals surface area contributed by atoms with Gasteiger partial charge in [-0.3, -0.25) is 19.7 Å². The Hall–Kier alpha value is -3.69. The van der Waals surface area contributed by atoms with E-state index in [2.05, 4.69) is 5.32 Å². The molecule has 0 heterocycles. The Kier molecular flexibility index (Phi) is 8.99. The van der Waals surface area contributed by atoms with Gasteiger partial charge in [0.1, 0.15) is 17.6 Å². The van der Waals surface area contributed by atoms with Gasteiger partial charge in [0.15, 0.2) is 6.61 Å². The number of nitro groups is 1. The molecule has 35 heavy (non-hydrogen) atoms. The van der Waals surface area contributed by atoms with E-state index in [4.69, 9.17) is 9.47 Å². The standard InChI is InChI=1S/C25H30FN3O6/c1-17(25(31)27-19-9-4-3-5-10-19)28(15-18-8-6-7-11-21(18)26)24(30)16-35-20-12-13-22(29(32)33)23(14-20)34-2/h6-8,11-14,17,19H,3-5,9-10,15-16H2,1-2H3,(H,27,31)/t17-/m0/s1. The lowest BCUT2D eigenvalue weighted by Crippen LogP contribution is -2.51. The number of carbonyl (C=O) groups is 2. The van der Waals surface area contributed by atoms with E-state index < -0.39 is 29.3 Å². The van der Waals surface area contributed by atoms with Crippen molar-refractivity contribution in [3.8, 4) is 11.5 Å². The van der Waals surface area contributed by atoms with Crippen molar-refractivity contribution in [2.45, 2.75) is 57.7 Å². The molecular formula is C25H30FN3O6. The quantitative estimate of drug-likeness (QED) is 0.401. The second-order valence-corrected chi connectivity index (χ2v) is 8.51. The molecule has 2 aromatic rings. The summed E-state index contributed by atoms with van der Waals surface area (Å²) >= 11 is 0. The molecule has 1 saturated carbocycles. The summed E-state index contributed by atoms with van der Waals surface area (Å²) in [5, 5.41) is 14.1. The van der Waals surface area contributed by atoms with Crippen LogP contribution in [0.1, 0.15) is 44.6 Å². The molecule has 9 nitrogen and oxygen atoms in total. The summed E-state index contributed by atoms with van der Waals surface area (Å²) < 4.78 is 24.9. The van der Waals surface area contributed by atoms with Crippen LogP contribution in [0.25, 0.3) is 0 Å². The molecule has 3 rings (SSSR count). The molecule has 2 aromatic carbocycles. The van der Waals surface area contributed by atoms with Crippen molar-refractivity contribution in [1.82, 2.24) is 10.2 Å². The first-order valence-corrected chi connectivity index (χ1v) is 11.6. The fraction of sp³-hybridized carbons (Fsp3) is 0.440. The molecule has 188 valence electrons. The second-order valence-electron chi connectivity index (χ2n) is 8.51. The van der Waals surface area contributed by atoms with Crippen LogP contribution in [0, 0.1) is 15.9 Å². The molecule has 10 heteroatoms. The lowest BCUT2D eigenvalue weighted by molar-refractivity contribution is -0.385. The SMILES string of the molecule is COc1cc(OCC(=O)N(Cc2ccccc2F)[C@@H](C)C(=O)NC2CCCCC2)ccc1[N+](=O)[O-]. The summed E-state index contributed by atoms with van der Waals surface area (Å²) in [4.78, 5) is 37.9. The van der Waals surface area contributed by atoms with Crippen LogP contribution >= 0.6 is 0 Å². The number of halogens is 1. The maximum Gasteiger partial charge on any atom is 0.311 e. The van der Waals surface area contributed by atoms with Crippen LogP contribution in [-0.2, 0) is 16.1 Å². The lowest BCUT2D eigenvalue weighted by Gasteiger charge is -2.31. The Labute approximate surface area is 203 Å². The average molecular weight is 488 g/mol. The number of rotatable bonds is 10. The van der Waals surface area contributed by atoms with Gasteiger partial charge in [-0.1, -0.05) is 37.5 Å². The summed E-state index contributed by atoms with van der Waals surface area (Å²) in [6.07, 6.45) is 5.02. The summed E-state index contributed by atoms with van der Waals surface area (Å²) in [5.74, 6) is -1.14. The van der Waals surface area contributed by atoms with Gasteiger partial charge in [0.2, 0.25) is 11.7 Å². The summed E-state index contributed by atoms with van der Waals surface area (Å²) in [7, 11) is 1.29. The number of amides is 2. The Morgan fingerprint density at radius 1 is 1.20 bits per heavy atom. The maximum absolute atomic E-state index is 14.3. The summed E-state index contributed by atoms with van der Waals surface area (Å²) in [6.45, 7) is 1.04. The van der Waals surface area contributed by atoms with Gasteiger partial charge in [0.25, 0.3) is 5.91 Å². The van der Waals surface area contributed by atoms with Gasteiger partial charge in [-0.05, 0) is 31.9 Å². The fourth-order valence-electron chi connectivity index (χ4n) is 4.09. The van der Waals surface area contributed by atoms with Crippen LogP contribution in [0.4, 0.5) is 10.1 Å². The van der Waals surface area contributed by atoms with Gasteiger partial charge in [-0.2, -0.15) is 0 Å². The number of nitro benzene ring substituents is 1. The van der Waals surface area contributed by atoms with Gasteiger partial charge in [0, 0.05) is 30.3 Å². The van der Waals surface area contributed by atoms with E-state index >= 15 is 0 Å². The van der Waals surface area contributed by atoms with E-state index in [0.29, 0.717) is 0 Å². The van der Waals surface area contributed by atoms with Crippen LogP contribution in [0.2, 0.25) is 0 Å². The topological polar surface area (TPSA) is 111 Å². The highest BCUT2D eigenvalue weighted by molar-refractivity contribution is 5.88. The summed E-state index contributed by atoms with van der Waals surface area (Å²) in [6, 6.07) is 9.15. The van der Waals surface area contributed by atoms with Crippen molar-refractivity contribution in [3.05, 3.63) is 64.0 Å². The van der Waals surface area contributed by atoms with Crippen molar-refractivity contribution in [3.63, 3.8) is 0 Å². The zero-order valence-electron chi connectivity index (χ0n) is 19.9. The van der Waals surface area contributed by atoms with Gasteiger partial charge >= 0.3 is 5.69 Å². The third kappa shape index (κ3) is 6.91. The third-order valence-corrected chi connectivity index (χ3v) is 6.13. The number of ether oxygens (including phenoxy) is 2.